The summed E-state index contributed by atoms with van der Waals surface area (Å²) < 4.78 is 4.62. The van der Waals surface area contributed by atoms with Crippen LogP contribution in [-0.4, -0.2) is 24.9 Å². The maximum Gasteiger partial charge on any atom is 0.339 e. The normalized spacial score (nSPS) is 9.69. The van der Waals surface area contributed by atoms with Gasteiger partial charge in [0.25, 0.3) is 0 Å². The van der Waals surface area contributed by atoms with Crippen LogP contribution in [-0.2, 0) is 9.53 Å². The van der Waals surface area contributed by atoms with Crippen LogP contribution in [0, 0.1) is 6.92 Å². The first-order valence-electron chi connectivity index (χ1n) is 4.63. The van der Waals surface area contributed by atoms with Gasteiger partial charge in [0.05, 0.1) is 18.4 Å². The van der Waals surface area contributed by atoms with Gasteiger partial charge in [-0.05, 0) is 19.1 Å². The van der Waals surface area contributed by atoms with Crippen LogP contribution in [0.2, 0.25) is 0 Å². The van der Waals surface area contributed by atoms with Gasteiger partial charge in [-0.15, -0.1) is 11.6 Å². The SMILES string of the molecule is COC(=O)c1cc(C)ccc1NC(=O)CCl. The number of rotatable bonds is 3. The third kappa shape index (κ3) is 2.97. The van der Waals surface area contributed by atoms with E-state index in [0.717, 1.165) is 5.56 Å². The van der Waals surface area contributed by atoms with Crippen molar-refractivity contribution in [2.75, 3.05) is 18.3 Å². The molecule has 4 nitrogen and oxygen atoms in total. The maximum atomic E-state index is 11.4. The topological polar surface area (TPSA) is 55.4 Å². The minimum absolute atomic E-state index is 0.158. The van der Waals surface area contributed by atoms with E-state index in [0.29, 0.717) is 11.3 Å². The van der Waals surface area contributed by atoms with Crippen LogP contribution in [0.15, 0.2) is 18.2 Å². The van der Waals surface area contributed by atoms with Gasteiger partial charge in [0.1, 0.15) is 5.88 Å². The van der Waals surface area contributed by atoms with Gasteiger partial charge >= 0.3 is 5.97 Å². The standard InChI is InChI=1S/C11H12ClNO3/c1-7-3-4-9(13-10(14)6-12)8(5-7)11(15)16-2/h3-5H,6H2,1-2H3,(H,13,14). The predicted molar refractivity (Wildman–Crippen MR) is 61.9 cm³/mol. The second kappa shape index (κ2) is 5.51. The first-order chi connectivity index (χ1) is 7.58. The minimum Gasteiger partial charge on any atom is -0.465 e. The number of methoxy groups -OCH3 is 1. The summed E-state index contributed by atoms with van der Waals surface area (Å²) in [5.74, 6) is -1.02. The smallest absolute Gasteiger partial charge is 0.339 e. The Bertz CT molecular complexity index is 418. The molecule has 0 spiro atoms. The molecule has 1 N–H and O–H groups in total. The van der Waals surface area contributed by atoms with E-state index in [1.165, 1.54) is 7.11 Å². The number of benzene rings is 1. The van der Waals surface area contributed by atoms with E-state index >= 15 is 0 Å². The molecule has 0 radical (unpaired) electrons. The van der Waals surface area contributed by atoms with Crippen LogP contribution < -0.4 is 5.32 Å². The van der Waals surface area contributed by atoms with Gasteiger partial charge in [-0.3, -0.25) is 4.79 Å². The van der Waals surface area contributed by atoms with E-state index < -0.39 is 5.97 Å². The Morgan fingerprint density at radius 1 is 1.44 bits per heavy atom. The number of anilines is 1. The molecule has 0 atom stereocenters. The van der Waals surface area contributed by atoms with Crippen LogP contribution in [0.5, 0.6) is 0 Å². The molecule has 1 aromatic carbocycles. The van der Waals surface area contributed by atoms with Crippen molar-refractivity contribution in [2.45, 2.75) is 6.92 Å². The average molecular weight is 242 g/mol. The van der Waals surface area contributed by atoms with Gasteiger partial charge < -0.3 is 10.1 Å². The molecule has 0 aliphatic heterocycles. The molecule has 0 bridgehead atoms. The van der Waals surface area contributed by atoms with E-state index in [1.54, 1.807) is 18.2 Å². The lowest BCUT2D eigenvalue weighted by atomic mass is 10.1. The number of aryl methyl sites for hydroxylation is 1. The largest absolute Gasteiger partial charge is 0.465 e. The molecule has 0 aromatic heterocycles. The zero-order valence-corrected chi connectivity index (χ0v) is 9.80. The number of alkyl halides is 1. The summed E-state index contributed by atoms with van der Waals surface area (Å²) in [5, 5.41) is 2.53. The van der Waals surface area contributed by atoms with Crippen molar-refractivity contribution >= 4 is 29.2 Å². The van der Waals surface area contributed by atoms with Crippen molar-refractivity contribution in [3.8, 4) is 0 Å². The summed E-state index contributed by atoms with van der Waals surface area (Å²) in [6.45, 7) is 1.85. The summed E-state index contributed by atoms with van der Waals surface area (Å²) in [5.41, 5.74) is 1.63. The summed E-state index contributed by atoms with van der Waals surface area (Å²) >= 11 is 5.37. The Kier molecular flexibility index (Phi) is 4.31. The highest BCUT2D eigenvalue weighted by Gasteiger charge is 2.13. The highest BCUT2D eigenvalue weighted by Crippen LogP contribution is 2.18. The summed E-state index contributed by atoms with van der Waals surface area (Å²) in [7, 11) is 1.29. The molecular formula is C11H12ClNO3. The molecule has 0 fully saturated rings. The van der Waals surface area contributed by atoms with Crippen molar-refractivity contribution < 1.29 is 14.3 Å². The molecule has 0 saturated heterocycles. The second-order valence-electron chi connectivity index (χ2n) is 3.22. The first kappa shape index (κ1) is 12.5. The lowest BCUT2D eigenvalue weighted by Gasteiger charge is -2.09. The average Bonchev–Trinajstić information content (AvgIpc) is 2.30. The Morgan fingerprint density at radius 2 is 2.12 bits per heavy atom. The fourth-order valence-electron chi connectivity index (χ4n) is 1.23. The fraction of sp³-hybridized carbons (Fsp3) is 0.273. The summed E-state index contributed by atoms with van der Waals surface area (Å²) in [6.07, 6.45) is 0. The van der Waals surface area contributed by atoms with Crippen LogP contribution in [0.4, 0.5) is 5.69 Å². The van der Waals surface area contributed by atoms with E-state index in [-0.39, 0.29) is 11.8 Å². The molecule has 0 aliphatic rings. The third-order valence-corrected chi connectivity index (χ3v) is 2.22. The zero-order chi connectivity index (χ0) is 12.1. The molecule has 0 heterocycles. The molecule has 0 aliphatic carbocycles. The zero-order valence-electron chi connectivity index (χ0n) is 9.04. The highest BCUT2D eigenvalue weighted by molar-refractivity contribution is 6.29. The van der Waals surface area contributed by atoms with Gasteiger partial charge in [-0.25, -0.2) is 4.79 Å². The second-order valence-corrected chi connectivity index (χ2v) is 3.49. The Hall–Kier alpha value is -1.55. The number of hydrogen-bond acceptors (Lipinski definition) is 3. The number of ether oxygens (including phenoxy) is 1. The number of amides is 1. The van der Waals surface area contributed by atoms with E-state index in [4.69, 9.17) is 11.6 Å². The van der Waals surface area contributed by atoms with Gasteiger partial charge in [0.15, 0.2) is 0 Å². The molecular weight excluding hydrogens is 230 g/mol. The van der Waals surface area contributed by atoms with E-state index in [1.807, 2.05) is 6.92 Å². The lowest BCUT2D eigenvalue weighted by molar-refractivity contribution is -0.113. The maximum absolute atomic E-state index is 11.4. The van der Waals surface area contributed by atoms with Crippen molar-refractivity contribution in [3.63, 3.8) is 0 Å². The number of halogens is 1. The number of carbonyl (C=O) groups excluding carboxylic acids is 2. The molecule has 5 heteroatoms. The first-order valence-corrected chi connectivity index (χ1v) is 5.16. The molecule has 0 unspecified atom stereocenters. The van der Waals surface area contributed by atoms with Crippen molar-refractivity contribution in [2.24, 2.45) is 0 Å². The number of esters is 1. The number of carbonyl (C=O) groups is 2. The van der Waals surface area contributed by atoms with Crippen LogP contribution in [0.1, 0.15) is 15.9 Å². The molecule has 1 rings (SSSR count). The van der Waals surface area contributed by atoms with Crippen LogP contribution in [0.25, 0.3) is 0 Å². The summed E-state index contributed by atoms with van der Waals surface area (Å²) in [6, 6.07) is 5.08. The molecule has 16 heavy (non-hydrogen) atoms. The van der Waals surface area contributed by atoms with Crippen molar-refractivity contribution in [1.82, 2.24) is 0 Å². The summed E-state index contributed by atoms with van der Waals surface area (Å²) in [4.78, 5) is 22.6. The van der Waals surface area contributed by atoms with Crippen LogP contribution >= 0.6 is 11.6 Å². The minimum atomic E-state index is -0.492. The van der Waals surface area contributed by atoms with E-state index in [2.05, 4.69) is 10.1 Å². The highest BCUT2D eigenvalue weighted by atomic mass is 35.5. The predicted octanol–water partition coefficient (Wildman–Crippen LogP) is 1.96. The Morgan fingerprint density at radius 3 is 2.69 bits per heavy atom. The number of nitrogens with one attached hydrogen (secondary N) is 1. The van der Waals surface area contributed by atoms with Gasteiger partial charge in [-0.2, -0.15) is 0 Å². The van der Waals surface area contributed by atoms with Gasteiger partial charge in [-0.1, -0.05) is 11.6 Å². The molecule has 1 aromatic rings. The number of hydrogen-bond donors (Lipinski definition) is 1. The van der Waals surface area contributed by atoms with Gasteiger partial charge in [0, 0.05) is 0 Å². The lowest BCUT2D eigenvalue weighted by Crippen LogP contribution is -2.16. The quantitative estimate of drug-likeness (QED) is 0.650. The van der Waals surface area contributed by atoms with Crippen molar-refractivity contribution in [3.05, 3.63) is 29.3 Å². The Balaban J connectivity index is 3.07. The monoisotopic (exact) mass is 241 g/mol. The van der Waals surface area contributed by atoms with Crippen LogP contribution in [0.3, 0.4) is 0 Å². The fourth-order valence-corrected chi connectivity index (χ4v) is 1.30. The Labute approximate surface area is 98.5 Å². The van der Waals surface area contributed by atoms with Crippen molar-refractivity contribution in [1.29, 1.82) is 0 Å². The van der Waals surface area contributed by atoms with E-state index in [9.17, 15) is 9.59 Å². The third-order valence-electron chi connectivity index (χ3n) is 1.98. The molecule has 0 saturated carbocycles. The molecule has 1 amide bonds. The molecule has 86 valence electrons. The van der Waals surface area contributed by atoms with Gasteiger partial charge in [0.2, 0.25) is 5.91 Å².